The van der Waals surface area contributed by atoms with Gasteiger partial charge in [-0.25, -0.2) is 4.79 Å². The van der Waals surface area contributed by atoms with Gasteiger partial charge in [-0.05, 0) is 58.1 Å². The van der Waals surface area contributed by atoms with Crippen LogP contribution in [0.2, 0.25) is 0 Å². The Hall–Kier alpha value is -2.31. The van der Waals surface area contributed by atoms with Crippen LogP contribution in [0.15, 0.2) is 18.2 Å². The maximum atomic E-state index is 11.8. The fourth-order valence-corrected chi connectivity index (χ4v) is 3.11. The zero-order valence-corrected chi connectivity index (χ0v) is 15.3. The van der Waals surface area contributed by atoms with Gasteiger partial charge in [0.25, 0.3) is 5.69 Å². The number of hydrogen-bond acceptors (Lipinski definition) is 5. The average molecular weight is 349 g/mol. The highest BCUT2D eigenvalue weighted by Gasteiger charge is 2.29. The Balaban J connectivity index is 1.98. The van der Waals surface area contributed by atoms with E-state index in [9.17, 15) is 14.9 Å². The van der Waals surface area contributed by atoms with Gasteiger partial charge >= 0.3 is 6.09 Å². The van der Waals surface area contributed by atoms with Gasteiger partial charge in [-0.1, -0.05) is 12.5 Å². The molecule has 2 atom stereocenters. The summed E-state index contributed by atoms with van der Waals surface area (Å²) in [6.45, 7) is 7.79. The number of nitro groups is 1. The number of rotatable bonds is 5. The number of nitrogens with zero attached hydrogens (tertiary/aromatic N) is 1. The van der Waals surface area contributed by atoms with Gasteiger partial charge in [-0.15, -0.1) is 0 Å². The van der Waals surface area contributed by atoms with E-state index in [1.165, 1.54) is 0 Å². The monoisotopic (exact) mass is 349 g/mol. The molecule has 0 heterocycles. The molecule has 7 nitrogen and oxygen atoms in total. The van der Waals surface area contributed by atoms with Crippen LogP contribution in [0.3, 0.4) is 0 Å². The molecule has 1 fully saturated rings. The van der Waals surface area contributed by atoms with Crippen molar-refractivity contribution in [2.75, 3.05) is 11.9 Å². The summed E-state index contributed by atoms with van der Waals surface area (Å²) >= 11 is 0. The number of anilines is 1. The average Bonchev–Trinajstić information content (AvgIpc) is 2.92. The maximum Gasteiger partial charge on any atom is 0.407 e. The van der Waals surface area contributed by atoms with Gasteiger partial charge in [0.05, 0.1) is 4.92 Å². The van der Waals surface area contributed by atoms with Crippen LogP contribution in [0.25, 0.3) is 0 Å². The van der Waals surface area contributed by atoms with Crippen molar-refractivity contribution in [1.82, 2.24) is 5.32 Å². The molecular formula is C18H27N3O4. The Morgan fingerprint density at radius 3 is 2.72 bits per heavy atom. The molecule has 7 heteroatoms. The largest absolute Gasteiger partial charge is 0.444 e. The third-order valence-corrected chi connectivity index (χ3v) is 4.26. The molecule has 1 aliphatic rings. The quantitative estimate of drug-likeness (QED) is 0.619. The van der Waals surface area contributed by atoms with E-state index in [0.29, 0.717) is 12.2 Å². The van der Waals surface area contributed by atoms with Crippen molar-refractivity contribution < 1.29 is 14.5 Å². The van der Waals surface area contributed by atoms with Crippen molar-refractivity contribution >= 4 is 17.5 Å². The number of amides is 1. The smallest absolute Gasteiger partial charge is 0.407 e. The molecule has 0 saturated heterocycles. The summed E-state index contributed by atoms with van der Waals surface area (Å²) in [4.78, 5) is 22.7. The predicted molar refractivity (Wildman–Crippen MR) is 96.8 cm³/mol. The van der Waals surface area contributed by atoms with Crippen LogP contribution >= 0.6 is 0 Å². The second-order valence-electron chi connectivity index (χ2n) is 7.60. The van der Waals surface area contributed by atoms with Crippen LogP contribution in [0.5, 0.6) is 0 Å². The normalized spacial score (nSPS) is 20.2. The zero-order chi connectivity index (χ0) is 18.6. The van der Waals surface area contributed by atoms with Crippen LogP contribution in [0, 0.1) is 23.0 Å². The summed E-state index contributed by atoms with van der Waals surface area (Å²) in [5.74, 6) is 0.216. The highest BCUT2D eigenvalue weighted by atomic mass is 16.6. The van der Waals surface area contributed by atoms with Crippen LogP contribution in [0.1, 0.15) is 45.6 Å². The third kappa shape index (κ3) is 5.62. The van der Waals surface area contributed by atoms with E-state index in [1.54, 1.807) is 12.1 Å². The Kier molecular flexibility index (Phi) is 5.87. The second-order valence-corrected chi connectivity index (χ2v) is 7.60. The van der Waals surface area contributed by atoms with E-state index in [2.05, 4.69) is 10.6 Å². The zero-order valence-electron chi connectivity index (χ0n) is 15.3. The van der Waals surface area contributed by atoms with E-state index in [4.69, 9.17) is 4.74 Å². The molecule has 1 saturated carbocycles. The standard InChI is InChI=1S/C18H27N3O4/c1-12-8-9-15(16(10-12)21(23)24)20-14-7-5-6-13(14)11-19-17(22)25-18(2,3)4/h8-10,13-14,20H,5-7,11H2,1-4H3,(H,19,22). The van der Waals surface area contributed by atoms with E-state index < -0.39 is 11.7 Å². The van der Waals surface area contributed by atoms with Gasteiger partial charge in [0, 0.05) is 18.7 Å². The first-order valence-electron chi connectivity index (χ1n) is 8.64. The summed E-state index contributed by atoms with van der Waals surface area (Å²) < 4.78 is 5.26. The summed E-state index contributed by atoms with van der Waals surface area (Å²) in [6, 6.07) is 5.28. The maximum absolute atomic E-state index is 11.8. The lowest BCUT2D eigenvalue weighted by Gasteiger charge is -2.24. The number of benzene rings is 1. The van der Waals surface area contributed by atoms with Crippen molar-refractivity contribution in [3.63, 3.8) is 0 Å². The minimum atomic E-state index is -0.528. The first kappa shape index (κ1) is 19.0. The molecule has 2 N–H and O–H groups in total. The van der Waals surface area contributed by atoms with Gasteiger partial charge in [0.2, 0.25) is 0 Å². The van der Waals surface area contributed by atoms with E-state index in [1.807, 2.05) is 33.8 Å². The van der Waals surface area contributed by atoms with Crippen molar-refractivity contribution in [3.05, 3.63) is 33.9 Å². The molecule has 2 unspecified atom stereocenters. The molecule has 138 valence electrons. The number of hydrogen-bond donors (Lipinski definition) is 2. The van der Waals surface area contributed by atoms with E-state index in [0.717, 1.165) is 24.8 Å². The van der Waals surface area contributed by atoms with Gasteiger partial charge in [-0.3, -0.25) is 10.1 Å². The number of nitro benzene ring substituents is 1. The fraction of sp³-hybridized carbons (Fsp3) is 0.611. The molecule has 0 aromatic heterocycles. The topological polar surface area (TPSA) is 93.5 Å². The van der Waals surface area contributed by atoms with Crippen molar-refractivity contribution in [2.45, 2.75) is 58.6 Å². The lowest BCUT2D eigenvalue weighted by Crippen LogP contribution is -2.38. The van der Waals surface area contributed by atoms with Gasteiger partial charge in [-0.2, -0.15) is 0 Å². The first-order valence-corrected chi connectivity index (χ1v) is 8.64. The van der Waals surface area contributed by atoms with Gasteiger partial charge in [0.1, 0.15) is 11.3 Å². The van der Waals surface area contributed by atoms with Crippen molar-refractivity contribution in [1.29, 1.82) is 0 Å². The van der Waals surface area contributed by atoms with Crippen molar-refractivity contribution in [2.24, 2.45) is 5.92 Å². The number of carbonyl (C=O) groups is 1. The summed E-state index contributed by atoms with van der Waals surface area (Å²) in [5.41, 5.74) is 0.947. The molecule has 0 spiro atoms. The van der Waals surface area contributed by atoms with Crippen LogP contribution in [-0.2, 0) is 4.74 Å². The van der Waals surface area contributed by atoms with Crippen LogP contribution < -0.4 is 10.6 Å². The summed E-state index contributed by atoms with van der Waals surface area (Å²) in [5, 5.41) is 17.4. The first-order chi connectivity index (χ1) is 11.7. The lowest BCUT2D eigenvalue weighted by molar-refractivity contribution is -0.384. The van der Waals surface area contributed by atoms with Gasteiger partial charge in [0.15, 0.2) is 0 Å². The second kappa shape index (κ2) is 7.72. The summed E-state index contributed by atoms with van der Waals surface area (Å²) in [6.07, 6.45) is 2.48. The van der Waals surface area contributed by atoms with E-state index >= 15 is 0 Å². The van der Waals surface area contributed by atoms with Crippen LogP contribution in [-0.4, -0.2) is 29.2 Å². The molecule has 1 aliphatic carbocycles. The Labute approximate surface area is 148 Å². The Morgan fingerprint density at radius 1 is 1.36 bits per heavy atom. The highest BCUT2D eigenvalue weighted by Crippen LogP contribution is 2.32. The number of alkyl carbamates (subject to hydrolysis) is 1. The SMILES string of the molecule is Cc1ccc(NC2CCCC2CNC(=O)OC(C)(C)C)c([N+](=O)[O-])c1. The minimum absolute atomic E-state index is 0.0887. The Morgan fingerprint density at radius 2 is 2.08 bits per heavy atom. The molecule has 25 heavy (non-hydrogen) atoms. The molecule has 1 aromatic carbocycles. The van der Waals surface area contributed by atoms with Crippen molar-refractivity contribution in [3.8, 4) is 0 Å². The highest BCUT2D eigenvalue weighted by molar-refractivity contribution is 5.67. The lowest BCUT2D eigenvalue weighted by atomic mass is 10.0. The van der Waals surface area contributed by atoms with Gasteiger partial charge < -0.3 is 15.4 Å². The number of aryl methyl sites for hydroxylation is 1. The molecule has 1 aromatic rings. The predicted octanol–water partition coefficient (Wildman–Crippen LogP) is 4.01. The molecule has 1 amide bonds. The third-order valence-electron chi connectivity index (χ3n) is 4.26. The molecular weight excluding hydrogens is 322 g/mol. The fourth-order valence-electron chi connectivity index (χ4n) is 3.11. The molecule has 0 radical (unpaired) electrons. The number of nitrogens with one attached hydrogen (secondary N) is 2. The molecule has 0 aliphatic heterocycles. The number of ether oxygens (including phenoxy) is 1. The number of carbonyl (C=O) groups excluding carboxylic acids is 1. The minimum Gasteiger partial charge on any atom is -0.444 e. The van der Waals surface area contributed by atoms with Crippen LogP contribution in [0.4, 0.5) is 16.2 Å². The van der Waals surface area contributed by atoms with E-state index in [-0.39, 0.29) is 22.6 Å². The molecule has 2 rings (SSSR count). The Bertz CT molecular complexity index is 640. The molecule has 0 bridgehead atoms. The summed E-state index contributed by atoms with van der Waals surface area (Å²) in [7, 11) is 0.